The summed E-state index contributed by atoms with van der Waals surface area (Å²) < 4.78 is 46.7. The van der Waals surface area contributed by atoms with E-state index in [9.17, 15) is 18.0 Å². The molecular formula is C21H26F3N9O2. The first-order valence-electron chi connectivity index (χ1n) is 10.7. The molecule has 0 fully saturated rings. The Labute approximate surface area is 199 Å². The van der Waals surface area contributed by atoms with Gasteiger partial charge in [0, 0.05) is 39.5 Å². The fourth-order valence-electron chi connectivity index (χ4n) is 3.83. The fraction of sp³-hybridized carbons (Fsp3) is 0.476. The number of hydrogen-bond acceptors (Lipinski definition) is 8. The summed E-state index contributed by atoms with van der Waals surface area (Å²) in [6, 6.07) is 1.01. The molecule has 4 rings (SSSR count). The van der Waals surface area contributed by atoms with Crippen LogP contribution in [0.1, 0.15) is 29.6 Å². The van der Waals surface area contributed by atoms with Crippen LogP contribution in [-0.4, -0.2) is 61.7 Å². The lowest BCUT2D eigenvalue weighted by Crippen LogP contribution is -2.59. The Morgan fingerprint density at radius 2 is 2.00 bits per heavy atom. The van der Waals surface area contributed by atoms with Crippen molar-refractivity contribution in [2.24, 2.45) is 7.05 Å². The molecule has 1 aliphatic heterocycles. The minimum absolute atomic E-state index is 0.136. The molecule has 3 aromatic rings. The quantitative estimate of drug-likeness (QED) is 0.515. The van der Waals surface area contributed by atoms with E-state index in [-0.39, 0.29) is 19.1 Å². The van der Waals surface area contributed by atoms with Crippen molar-refractivity contribution in [2.45, 2.75) is 38.7 Å². The third-order valence-corrected chi connectivity index (χ3v) is 6.01. The van der Waals surface area contributed by atoms with E-state index < -0.39 is 17.4 Å². The number of amides is 1. The Hall–Kier alpha value is -3.68. The number of methoxy groups -OCH3 is 1. The van der Waals surface area contributed by atoms with Crippen LogP contribution in [-0.2, 0) is 35.8 Å². The van der Waals surface area contributed by atoms with Gasteiger partial charge in [0.15, 0.2) is 11.5 Å². The van der Waals surface area contributed by atoms with Crippen molar-refractivity contribution in [2.75, 3.05) is 36.3 Å². The van der Waals surface area contributed by atoms with E-state index in [2.05, 4.69) is 30.8 Å². The molecule has 0 aromatic carbocycles. The molecule has 3 aromatic heterocycles. The summed E-state index contributed by atoms with van der Waals surface area (Å²) >= 11 is 0. The molecule has 0 saturated carbocycles. The maximum atomic E-state index is 12.9. The van der Waals surface area contributed by atoms with Crippen molar-refractivity contribution in [3.63, 3.8) is 0 Å². The van der Waals surface area contributed by atoms with Crippen LogP contribution in [0, 0.1) is 6.92 Å². The maximum Gasteiger partial charge on any atom is 0.435 e. The lowest BCUT2D eigenvalue weighted by atomic mass is 9.97. The number of aromatic nitrogens is 6. The molecule has 188 valence electrons. The van der Waals surface area contributed by atoms with E-state index in [1.54, 1.807) is 38.2 Å². The number of hydrogen-bond donors (Lipinski definition) is 2. The topological polar surface area (TPSA) is 115 Å². The number of anilines is 3. The van der Waals surface area contributed by atoms with Gasteiger partial charge in [0.05, 0.1) is 30.7 Å². The second-order valence-corrected chi connectivity index (χ2v) is 8.59. The molecule has 0 aliphatic carbocycles. The summed E-state index contributed by atoms with van der Waals surface area (Å²) in [6.45, 7) is 4.20. The number of likely N-dealkylation sites (N-methyl/N-ethyl adjacent to an activating group) is 1. The zero-order chi connectivity index (χ0) is 25.5. The number of nitrogens with zero attached hydrogens (tertiary/aromatic N) is 7. The lowest BCUT2D eigenvalue weighted by molar-refractivity contribution is -0.141. The van der Waals surface area contributed by atoms with E-state index in [1.807, 2.05) is 0 Å². The van der Waals surface area contributed by atoms with E-state index in [0.717, 1.165) is 11.6 Å². The second kappa shape index (κ2) is 8.83. The molecule has 0 radical (unpaired) electrons. The van der Waals surface area contributed by atoms with Crippen molar-refractivity contribution in [3.8, 4) is 0 Å². The number of rotatable bonds is 7. The number of ether oxygens (including phenoxy) is 1. The molecule has 14 heteroatoms. The van der Waals surface area contributed by atoms with Gasteiger partial charge in [-0.15, -0.1) is 0 Å². The highest BCUT2D eigenvalue weighted by Crippen LogP contribution is 2.36. The molecule has 11 nitrogen and oxygen atoms in total. The average Bonchev–Trinajstić information content (AvgIpc) is 3.39. The standard InChI is InChI=1S/C21H26F3N9O2/c1-12-16-17(31(3)20(2,11-35-5)18(34)28-16)29-19(27-12)25-7-13-8-26-33(9-13)10-14-6-15(21(22,23)24)30-32(14)4/h6,8-9H,7,10-11H2,1-5H3,(H,28,34)(H,25,27,29)/t20-/m0/s1. The Kier molecular flexibility index (Phi) is 6.17. The number of aryl methyl sites for hydroxylation is 2. The van der Waals surface area contributed by atoms with Gasteiger partial charge >= 0.3 is 6.18 Å². The highest BCUT2D eigenvalue weighted by molar-refractivity contribution is 6.06. The first-order chi connectivity index (χ1) is 16.4. The molecule has 0 unspecified atom stereocenters. The summed E-state index contributed by atoms with van der Waals surface area (Å²) in [4.78, 5) is 23.4. The molecule has 0 bridgehead atoms. The molecule has 1 atom stereocenters. The fourth-order valence-corrected chi connectivity index (χ4v) is 3.83. The van der Waals surface area contributed by atoms with Gasteiger partial charge in [-0.05, 0) is 19.9 Å². The van der Waals surface area contributed by atoms with Gasteiger partial charge in [-0.2, -0.15) is 28.4 Å². The highest BCUT2D eigenvalue weighted by atomic mass is 19.4. The van der Waals surface area contributed by atoms with Gasteiger partial charge < -0.3 is 20.3 Å². The van der Waals surface area contributed by atoms with E-state index in [1.165, 1.54) is 23.5 Å². The van der Waals surface area contributed by atoms with E-state index in [0.29, 0.717) is 35.4 Å². The number of fused-ring (bicyclic) bond motifs is 1. The summed E-state index contributed by atoms with van der Waals surface area (Å²) in [5, 5.41) is 13.8. The predicted molar refractivity (Wildman–Crippen MR) is 121 cm³/mol. The summed E-state index contributed by atoms with van der Waals surface area (Å²) in [5.74, 6) is 0.717. The smallest absolute Gasteiger partial charge is 0.382 e. The van der Waals surface area contributed by atoms with E-state index >= 15 is 0 Å². The average molecular weight is 493 g/mol. The van der Waals surface area contributed by atoms with Crippen molar-refractivity contribution in [1.82, 2.24) is 29.5 Å². The predicted octanol–water partition coefficient (Wildman–Crippen LogP) is 2.19. The third-order valence-electron chi connectivity index (χ3n) is 6.01. The molecular weight excluding hydrogens is 467 g/mol. The van der Waals surface area contributed by atoms with Gasteiger partial charge in [-0.1, -0.05) is 0 Å². The largest absolute Gasteiger partial charge is 0.435 e. The molecule has 1 aliphatic rings. The molecule has 0 spiro atoms. The van der Waals surface area contributed by atoms with Crippen molar-refractivity contribution in [1.29, 1.82) is 0 Å². The molecule has 2 N–H and O–H groups in total. The second-order valence-electron chi connectivity index (χ2n) is 8.59. The third kappa shape index (κ3) is 4.65. The first-order valence-corrected chi connectivity index (χ1v) is 10.7. The van der Waals surface area contributed by atoms with Crippen LogP contribution in [0.15, 0.2) is 18.5 Å². The van der Waals surface area contributed by atoms with Crippen LogP contribution < -0.4 is 15.5 Å². The van der Waals surface area contributed by atoms with Crippen LogP contribution in [0.2, 0.25) is 0 Å². The Balaban J connectivity index is 1.47. The first kappa shape index (κ1) is 24.4. The Morgan fingerprint density at radius 3 is 2.66 bits per heavy atom. The van der Waals surface area contributed by atoms with Crippen LogP contribution in [0.3, 0.4) is 0 Å². The Morgan fingerprint density at radius 1 is 1.26 bits per heavy atom. The number of carbonyl (C=O) groups excluding carboxylic acids is 1. The molecule has 1 amide bonds. The van der Waals surface area contributed by atoms with Crippen molar-refractivity contribution in [3.05, 3.63) is 41.1 Å². The summed E-state index contributed by atoms with van der Waals surface area (Å²) in [7, 11) is 4.77. The van der Waals surface area contributed by atoms with Gasteiger partial charge in [0.1, 0.15) is 11.2 Å². The van der Waals surface area contributed by atoms with Crippen LogP contribution in [0.5, 0.6) is 0 Å². The normalized spacial score (nSPS) is 17.9. The SMILES string of the molecule is COC[C@@]1(C)C(=O)Nc2c(C)nc(NCc3cnn(Cc4cc(C(F)(F)F)nn4C)c3)nc2N1C. The summed E-state index contributed by atoms with van der Waals surface area (Å²) in [5.41, 5.74) is 0.430. The molecule has 35 heavy (non-hydrogen) atoms. The van der Waals surface area contributed by atoms with Crippen LogP contribution >= 0.6 is 0 Å². The van der Waals surface area contributed by atoms with Crippen LogP contribution in [0.25, 0.3) is 0 Å². The summed E-state index contributed by atoms with van der Waals surface area (Å²) in [6.07, 6.45) is -1.16. The molecule has 4 heterocycles. The minimum Gasteiger partial charge on any atom is -0.382 e. The van der Waals surface area contributed by atoms with Gasteiger partial charge in [-0.25, -0.2) is 4.98 Å². The van der Waals surface area contributed by atoms with Crippen LogP contribution in [0.4, 0.5) is 30.6 Å². The maximum absolute atomic E-state index is 12.9. The van der Waals surface area contributed by atoms with Gasteiger partial charge in [0.2, 0.25) is 5.95 Å². The van der Waals surface area contributed by atoms with Gasteiger partial charge in [0.25, 0.3) is 5.91 Å². The lowest BCUT2D eigenvalue weighted by Gasteiger charge is -2.42. The highest BCUT2D eigenvalue weighted by Gasteiger charge is 2.44. The van der Waals surface area contributed by atoms with Gasteiger partial charge in [-0.3, -0.25) is 14.2 Å². The monoisotopic (exact) mass is 493 g/mol. The zero-order valence-electron chi connectivity index (χ0n) is 19.9. The van der Waals surface area contributed by atoms with Crippen molar-refractivity contribution >= 4 is 23.4 Å². The molecule has 0 saturated heterocycles. The number of nitrogens with one attached hydrogen (secondary N) is 2. The number of halogens is 3. The zero-order valence-corrected chi connectivity index (χ0v) is 19.9. The number of carbonyl (C=O) groups is 1. The van der Waals surface area contributed by atoms with Crippen molar-refractivity contribution < 1.29 is 22.7 Å². The van der Waals surface area contributed by atoms with E-state index in [4.69, 9.17) is 4.74 Å². The number of alkyl halides is 3. The minimum atomic E-state index is -4.50. The Bertz CT molecular complexity index is 1250.